The first-order chi connectivity index (χ1) is 12.0. The molecule has 130 valence electrons. The van der Waals surface area contributed by atoms with Crippen LogP contribution in [0.5, 0.6) is 0 Å². The van der Waals surface area contributed by atoms with Crippen LogP contribution in [0.25, 0.3) is 6.08 Å². The molecular weight excluding hydrogens is 342 g/mol. The molecule has 0 aliphatic rings. The molecule has 0 fully saturated rings. The number of hydrogen-bond acceptors (Lipinski definition) is 3. The normalized spacial score (nSPS) is 10.6. The SMILES string of the molecule is O=C(O)Cc1ccc(Cl)cc1C=CCNC(=O)OCc1ccccc1. The second kappa shape index (κ2) is 9.49. The third-order valence-electron chi connectivity index (χ3n) is 3.32. The minimum absolute atomic E-state index is 0.0939. The predicted molar refractivity (Wildman–Crippen MR) is 96.5 cm³/mol. The van der Waals surface area contributed by atoms with E-state index in [1.165, 1.54) is 0 Å². The summed E-state index contributed by atoms with van der Waals surface area (Å²) in [7, 11) is 0. The van der Waals surface area contributed by atoms with Crippen molar-refractivity contribution in [3.63, 3.8) is 0 Å². The third-order valence-corrected chi connectivity index (χ3v) is 3.56. The standard InChI is InChI=1S/C19H18ClNO4/c20-17-9-8-16(12-18(22)23)15(11-17)7-4-10-21-19(24)25-13-14-5-2-1-3-6-14/h1-9,11H,10,12-13H2,(H,21,24)(H,22,23). The van der Waals surface area contributed by atoms with E-state index in [1.54, 1.807) is 30.4 Å². The van der Waals surface area contributed by atoms with E-state index in [2.05, 4.69) is 5.32 Å². The topological polar surface area (TPSA) is 75.6 Å². The van der Waals surface area contributed by atoms with E-state index in [0.29, 0.717) is 16.1 Å². The Morgan fingerprint density at radius 2 is 1.92 bits per heavy atom. The lowest BCUT2D eigenvalue weighted by atomic mass is 10.0. The molecule has 0 unspecified atom stereocenters. The molecule has 0 spiro atoms. The molecule has 0 aliphatic carbocycles. The molecule has 6 heteroatoms. The maximum Gasteiger partial charge on any atom is 0.407 e. The van der Waals surface area contributed by atoms with Crippen molar-refractivity contribution >= 4 is 29.7 Å². The maximum absolute atomic E-state index is 11.6. The fourth-order valence-electron chi connectivity index (χ4n) is 2.15. The summed E-state index contributed by atoms with van der Waals surface area (Å²) in [5.74, 6) is -0.917. The largest absolute Gasteiger partial charge is 0.481 e. The number of carbonyl (C=O) groups excluding carboxylic acids is 1. The number of carboxylic acids is 1. The number of alkyl carbamates (subject to hydrolysis) is 1. The number of carboxylic acid groups (broad SMARTS) is 1. The Morgan fingerprint density at radius 1 is 1.16 bits per heavy atom. The Labute approximate surface area is 150 Å². The zero-order chi connectivity index (χ0) is 18.1. The zero-order valence-corrected chi connectivity index (χ0v) is 14.2. The lowest BCUT2D eigenvalue weighted by molar-refractivity contribution is -0.136. The van der Waals surface area contributed by atoms with Gasteiger partial charge in [-0.25, -0.2) is 4.79 Å². The Hall–Kier alpha value is -2.79. The smallest absolute Gasteiger partial charge is 0.407 e. The number of halogens is 1. The van der Waals surface area contributed by atoms with Crippen LogP contribution in [0.2, 0.25) is 5.02 Å². The van der Waals surface area contributed by atoms with Crippen molar-refractivity contribution in [1.82, 2.24) is 5.32 Å². The van der Waals surface area contributed by atoms with Crippen molar-refractivity contribution in [2.24, 2.45) is 0 Å². The quantitative estimate of drug-likeness (QED) is 0.786. The van der Waals surface area contributed by atoms with Crippen molar-refractivity contribution < 1.29 is 19.4 Å². The number of ether oxygens (including phenoxy) is 1. The van der Waals surface area contributed by atoms with Crippen LogP contribution in [0.1, 0.15) is 16.7 Å². The van der Waals surface area contributed by atoms with Gasteiger partial charge in [-0.05, 0) is 28.8 Å². The van der Waals surface area contributed by atoms with E-state index in [-0.39, 0.29) is 19.6 Å². The summed E-state index contributed by atoms with van der Waals surface area (Å²) >= 11 is 5.95. The predicted octanol–water partition coefficient (Wildman–Crippen LogP) is 3.91. The Kier molecular flexibility index (Phi) is 7.04. The van der Waals surface area contributed by atoms with Crippen molar-refractivity contribution in [3.8, 4) is 0 Å². The van der Waals surface area contributed by atoms with E-state index >= 15 is 0 Å². The van der Waals surface area contributed by atoms with Gasteiger partial charge in [-0.15, -0.1) is 0 Å². The number of rotatable bonds is 7. The molecule has 0 heterocycles. The van der Waals surface area contributed by atoms with Crippen LogP contribution < -0.4 is 5.32 Å². The van der Waals surface area contributed by atoms with Crippen LogP contribution >= 0.6 is 11.6 Å². The molecule has 0 aromatic heterocycles. The highest BCUT2D eigenvalue weighted by atomic mass is 35.5. The average Bonchev–Trinajstić information content (AvgIpc) is 2.59. The van der Waals surface area contributed by atoms with Gasteiger partial charge < -0.3 is 15.2 Å². The fraction of sp³-hybridized carbons (Fsp3) is 0.158. The van der Waals surface area contributed by atoms with Crippen LogP contribution in [0, 0.1) is 0 Å². The van der Waals surface area contributed by atoms with Crippen LogP contribution in [0.3, 0.4) is 0 Å². The molecule has 0 saturated heterocycles. The molecule has 0 radical (unpaired) electrons. The second-order valence-corrected chi connectivity index (χ2v) is 5.70. The second-order valence-electron chi connectivity index (χ2n) is 5.26. The van der Waals surface area contributed by atoms with Gasteiger partial charge in [-0.2, -0.15) is 0 Å². The highest BCUT2D eigenvalue weighted by Crippen LogP contribution is 2.18. The summed E-state index contributed by atoms with van der Waals surface area (Å²) in [4.78, 5) is 22.5. The van der Waals surface area contributed by atoms with Gasteiger partial charge in [0.15, 0.2) is 0 Å². The minimum atomic E-state index is -0.917. The lowest BCUT2D eigenvalue weighted by Crippen LogP contribution is -2.24. The van der Waals surface area contributed by atoms with Crippen LogP contribution in [0.4, 0.5) is 4.79 Å². The van der Waals surface area contributed by atoms with Gasteiger partial charge in [0.05, 0.1) is 6.42 Å². The van der Waals surface area contributed by atoms with E-state index in [0.717, 1.165) is 5.56 Å². The molecule has 0 atom stereocenters. The molecule has 2 aromatic carbocycles. The Morgan fingerprint density at radius 3 is 2.64 bits per heavy atom. The molecule has 1 amide bonds. The molecule has 0 aliphatic heterocycles. The number of carbonyl (C=O) groups is 2. The molecular formula is C19H18ClNO4. The number of hydrogen-bond donors (Lipinski definition) is 2. The van der Waals surface area contributed by atoms with Crippen LogP contribution in [0.15, 0.2) is 54.6 Å². The first-order valence-corrected chi connectivity index (χ1v) is 8.03. The number of aliphatic carboxylic acids is 1. The summed E-state index contributed by atoms with van der Waals surface area (Å²) in [6.07, 6.45) is 2.82. The minimum Gasteiger partial charge on any atom is -0.481 e. The number of nitrogens with one attached hydrogen (secondary N) is 1. The van der Waals surface area contributed by atoms with E-state index in [1.807, 2.05) is 30.3 Å². The first-order valence-electron chi connectivity index (χ1n) is 7.66. The first kappa shape index (κ1) is 18.5. The lowest BCUT2D eigenvalue weighted by Gasteiger charge is -2.06. The summed E-state index contributed by atoms with van der Waals surface area (Å²) in [5, 5.41) is 12.0. The highest BCUT2D eigenvalue weighted by Gasteiger charge is 2.06. The fourth-order valence-corrected chi connectivity index (χ4v) is 2.33. The van der Waals surface area contributed by atoms with E-state index in [9.17, 15) is 9.59 Å². The van der Waals surface area contributed by atoms with Crippen molar-refractivity contribution in [2.75, 3.05) is 6.54 Å². The van der Waals surface area contributed by atoms with Gasteiger partial charge in [0.2, 0.25) is 0 Å². The van der Waals surface area contributed by atoms with Crippen molar-refractivity contribution in [1.29, 1.82) is 0 Å². The van der Waals surface area contributed by atoms with Gasteiger partial charge in [-0.1, -0.05) is 60.2 Å². The van der Waals surface area contributed by atoms with Gasteiger partial charge >= 0.3 is 12.1 Å². The van der Waals surface area contributed by atoms with Crippen LogP contribution in [-0.2, 0) is 22.6 Å². The molecule has 25 heavy (non-hydrogen) atoms. The molecule has 5 nitrogen and oxygen atoms in total. The molecule has 0 bridgehead atoms. The summed E-state index contributed by atoms with van der Waals surface area (Å²) in [6, 6.07) is 14.4. The third kappa shape index (κ3) is 6.69. The van der Waals surface area contributed by atoms with Gasteiger partial charge in [-0.3, -0.25) is 4.79 Å². The molecule has 2 rings (SSSR count). The summed E-state index contributed by atoms with van der Waals surface area (Å²) in [6.45, 7) is 0.458. The van der Waals surface area contributed by atoms with Gasteiger partial charge in [0.25, 0.3) is 0 Å². The number of benzene rings is 2. The Bertz CT molecular complexity index is 759. The van der Waals surface area contributed by atoms with E-state index < -0.39 is 12.1 Å². The molecule has 2 N–H and O–H groups in total. The van der Waals surface area contributed by atoms with Gasteiger partial charge in [0.1, 0.15) is 6.61 Å². The van der Waals surface area contributed by atoms with Crippen LogP contribution in [-0.4, -0.2) is 23.7 Å². The monoisotopic (exact) mass is 359 g/mol. The van der Waals surface area contributed by atoms with Crippen molar-refractivity contribution in [2.45, 2.75) is 13.0 Å². The summed E-state index contributed by atoms with van der Waals surface area (Å²) < 4.78 is 5.09. The molecule has 0 saturated carbocycles. The van der Waals surface area contributed by atoms with Gasteiger partial charge in [0, 0.05) is 11.6 Å². The van der Waals surface area contributed by atoms with E-state index in [4.69, 9.17) is 21.4 Å². The highest BCUT2D eigenvalue weighted by molar-refractivity contribution is 6.30. The zero-order valence-electron chi connectivity index (χ0n) is 13.4. The molecule has 2 aromatic rings. The van der Waals surface area contributed by atoms with Crippen molar-refractivity contribution in [3.05, 3.63) is 76.3 Å². The Balaban J connectivity index is 1.83. The maximum atomic E-state index is 11.6. The average molecular weight is 360 g/mol. The summed E-state index contributed by atoms with van der Waals surface area (Å²) in [5.41, 5.74) is 2.26. The number of amides is 1.